The number of nitrogens with one attached hydrogen (secondary N) is 1. The number of rotatable bonds is 5. The molecule has 2 aromatic rings. The summed E-state index contributed by atoms with van der Waals surface area (Å²) in [7, 11) is 3.68. The summed E-state index contributed by atoms with van der Waals surface area (Å²) in [4.78, 5) is 4.24. The number of benzene rings is 1. The van der Waals surface area contributed by atoms with Gasteiger partial charge >= 0.3 is 0 Å². The Bertz CT molecular complexity index is 540. The van der Waals surface area contributed by atoms with Gasteiger partial charge in [0.25, 0.3) is 0 Å². The van der Waals surface area contributed by atoms with Crippen molar-refractivity contribution in [1.29, 1.82) is 0 Å². The summed E-state index contributed by atoms with van der Waals surface area (Å²) in [6, 6.07) is 12.7. The maximum atomic E-state index is 5.26. The number of pyridine rings is 1. The smallest absolute Gasteiger partial charge is 0.119 e. The number of ether oxygens (including phenoxy) is 1. The Labute approximate surface area is 114 Å². The van der Waals surface area contributed by atoms with Crippen molar-refractivity contribution >= 4 is 0 Å². The highest BCUT2D eigenvalue weighted by molar-refractivity contribution is 5.30. The average Bonchev–Trinajstić information content (AvgIpc) is 2.45. The molecule has 1 atom stereocenters. The number of hydrogen-bond donors (Lipinski definition) is 1. The third-order valence-electron chi connectivity index (χ3n) is 3.25. The minimum absolute atomic E-state index is 0.286. The predicted molar refractivity (Wildman–Crippen MR) is 77.5 cm³/mol. The molecule has 0 aliphatic rings. The molecule has 0 radical (unpaired) electrons. The Hall–Kier alpha value is -1.87. The molecular weight excluding hydrogens is 236 g/mol. The van der Waals surface area contributed by atoms with E-state index in [1.165, 1.54) is 11.1 Å². The quantitative estimate of drug-likeness (QED) is 0.893. The van der Waals surface area contributed by atoms with Crippen LogP contribution >= 0.6 is 0 Å². The molecule has 1 aromatic heterocycles. The second-order valence-corrected chi connectivity index (χ2v) is 4.63. The second-order valence-electron chi connectivity index (χ2n) is 4.63. The van der Waals surface area contributed by atoms with E-state index in [0.29, 0.717) is 0 Å². The first kappa shape index (κ1) is 13.6. The van der Waals surface area contributed by atoms with Gasteiger partial charge in [-0.3, -0.25) is 4.98 Å². The van der Waals surface area contributed by atoms with Crippen molar-refractivity contribution in [2.75, 3.05) is 14.2 Å². The van der Waals surface area contributed by atoms with Crippen molar-refractivity contribution in [2.45, 2.75) is 19.4 Å². The van der Waals surface area contributed by atoms with E-state index in [1.807, 2.05) is 32.3 Å². The van der Waals surface area contributed by atoms with Gasteiger partial charge in [-0.2, -0.15) is 0 Å². The molecule has 3 nitrogen and oxygen atoms in total. The summed E-state index contributed by atoms with van der Waals surface area (Å²) in [6.45, 7) is 2.02. The zero-order valence-corrected chi connectivity index (χ0v) is 11.7. The maximum Gasteiger partial charge on any atom is 0.119 e. The van der Waals surface area contributed by atoms with E-state index < -0.39 is 0 Å². The highest BCUT2D eigenvalue weighted by Gasteiger charge is 2.10. The van der Waals surface area contributed by atoms with Crippen LogP contribution in [-0.4, -0.2) is 19.1 Å². The first-order valence-electron chi connectivity index (χ1n) is 6.45. The highest BCUT2D eigenvalue weighted by atomic mass is 16.5. The van der Waals surface area contributed by atoms with Crippen LogP contribution in [0.15, 0.2) is 42.6 Å². The fraction of sp³-hybridized carbons (Fsp3) is 0.312. The first-order chi connectivity index (χ1) is 9.22. The largest absolute Gasteiger partial charge is 0.497 e. The Kier molecular flexibility index (Phi) is 4.53. The monoisotopic (exact) mass is 256 g/mol. The molecule has 1 heterocycles. The Balaban J connectivity index is 2.18. The van der Waals surface area contributed by atoms with E-state index in [-0.39, 0.29) is 6.04 Å². The van der Waals surface area contributed by atoms with E-state index >= 15 is 0 Å². The third kappa shape index (κ3) is 3.55. The van der Waals surface area contributed by atoms with E-state index in [1.54, 1.807) is 7.11 Å². The molecule has 1 unspecified atom stereocenters. The Morgan fingerprint density at radius 1 is 1.26 bits per heavy atom. The van der Waals surface area contributed by atoms with E-state index in [0.717, 1.165) is 17.9 Å². The molecule has 1 aromatic carbocycles. The number of nitrogens with zero attached hydrogens (tertiary/aromatic N) is 1. The number of likely N-dealkylation sites (N-methyl/N-ethyl adjacent to an activating group) is 1. The fourth-order valence-corrected chi connectivity index (χ4v) is 2.21. The van der Waals surface area contributed by atoms with Crippen LogP contribution in [0.4, 0.5) is 0 Å². The van der Waals surface area contributed by atoms with Crippen molar-refractivity contribution < 1.29 is 4.74 Å². The summed E-state index contributed by atoms with van der Waals surface area (Å²) in [5.41, 5.74) is 3.56. The van der Waals surface area contributed by atoms with Gasteiger partial charge in [0.15, 0.2) is 0 Å². The second kappa shape index (κ2) is 6.34. The molecule has 3 heteroatoms. The molecule has 0 aliphatic heterocycles. The highest BCUT2D eigenvalue weighted by Crippen LogP contribution is 2.21. The minimum Gasteiger partial charge on any atom is -0.497 e. The lowest BCUT2D eigenvalue weighted by Gasteiger charge is -2.17. The van der Waals surface area contributed by atoms with E-state index in [4.69, 9.17) is 4.74 Å². The summed E-state index contributed by atoms with van der Waals surface area (Å²) in [5.74, 6) is 0.901. The summed E-state index contributed by atoms with van der Waals surface area (Å²) in [6.07, 6.45) is 2.79. The number of aromatic nitrogens is 1. The number of aryl methyl sites for hydroxylation is 1. The molecule has 0 amide bonds. The van der Waals surface area contributed by atoms with Crippen molar-refractivity contribution in [3.63, 3.8) is 0 Å². The van der Waals surface area contributed by atoms with Gasteiger partial charge in [-0.1, -0.05) is 12.1 Å². The standard InChI is InChI=1S/C16H20N2O/c1-12-9-14(7-8-18-12)16(17-2)11-13-5-4-6-15(10-13)19-3/h4-10,16-17H,11H2,1-3H3. The Morgan fingerprint density at radius 2 is 2.11 bits per heavy atom. The van der Waals surface area contributed by atoms with Crippen molar-refractivity contribution in [3.8, 4) is 5.75 Å². The van der Waals surface area contributed by atoms with Crippen LogP contribution in [0.3, 0.4) is 0 Å². The average molecular weight is 256 g/mol. The van der Waals surface area contributed by atoms with Gasteiger partial charge in [0.1, 0.15) is 5.75 Å². The summed E-state index contributed by atoms with van der Waals surface area (Å²) >= 11 is 0. The molecule has 2 rings (SSSR count). The summed E-state index contributed by atoms with van der Waals surface area (Å²) in [5, 5.41) is 3.36. The van der Waals surface area contributed by atoms with Crippen LogP contribution in [0, 0.1) is 6.92 Å². The van der Waals surface area contributed by atoms with Crippen LogP contribution in [0.2, 0.25) is 0 Å². The molecule has 0 spiro atoms. The van der Waals surface area contributed by atoms with Gasteiger partial charge in [-0.25, -0.2) is 0 Å². The SMILES string of the molecule is CNC(Cc1cccc(OC)c1)c1ccnc(C)c1. The van der Waals surface area contributed by atoms with Crippen molar-refractivity contribution in [1.82, 2.24) is 10.3 Å². The maximum absolute atomic E-state index is 5.26. The molecule has 1 N–H and O–H groups in total. The van der Waals surface area contributed by atoms with Crippen LogP contribution in [0.5, 0.6) is 5.75 Å². The van der Waals surface area contributed by atoms with Crippen LogP contribution in [-0.2, 0) is 6.42 Å². The predicted octanol–water partition coefficient (Wildman–Crippen LogP) is 2.90. The van der Waals surface area contributed by atoms with Crippen molar-refractivity contribution in [2.24, 2.45) is 0 Å². The normalized spacial score (nSPS) is 12.2. The molecule has 0 saturated heterocycles. The van der Waals surface area contributed by atoms with Gasteiger partial charge in [0.05, 0.1) is 7.11 Å². The fourth-order valence-electron chi connectivity index (χ4n) is 2.21. The minimum atomic E-state index is 0.286. The molecule has 0 aliphatic carbocycles. The number of methoxy groups -OCH3 is 1. The molecule has 0 saturated carbocycles. The molecular formula is C16H20N2O. The van der Waals surface area contributed by atoms with Gasteiger partial charge in [0, 0.05) is 17.9 Å². The zero-order chi connectivity index (χ0) is 13.7. The van der Waals surface area contributed by atoms with Crippen molar-refractivity contribution in [3.05, 3.63) is 59.4 Å². The first-order valence-corrected chi connectivity index (χ1v) is 6.45. The van der Waals surface area contributed by atoms with Gasteiger partial charge < -0.3 is 10.1 Å². The molecule has 0 bridgehead atoms. The van der Waals surface area contributed by atoms with Gasteiger partial charge in [-0.05, 0) is 55.8 Å². The topological polar surface area (TPSA) is 34.1 Å². The molecule has 100 valence electrons. The van der Waals surface area contributed by atoms with E-state index in [2.05, 4.69) is 34.6 Å². The number of hydrogen-bond acceptors (Lipinski definition) is 3. The zero-order valence-electron chi connectivity index (χ0n) is 11.7. The van der Waals surface area contributed by atoms with Gasteiger partial charge in [-0.15, -0.1) is 0 Å². The lowest BCUT2D eigenvalue weighted by atomic mass is 9.99. The lowest BCUT2D eigenvalue weighted by Crippen LogP contribution is -2.19. The summed E-state index contributed by atoms with van der Waals surface area (Å²) < 4.78 is 5.26. The lowest BCUT2D eigenvalue weighted by molar-refractivity contribution is 0.414. The van der Waals surface area contributed by atoms with Crippen LogP contribution < -0.4 is 10.1 Å². The van der Waals surface area contributed by atoms with Crippen LogP contribution in [0.1, 0.15) is 22.9 Å². The third-order valence-corrected chi connectivity index (χ3v) is 3.25. The van der Waals surface area contributed by atoms with Crippen LogP contribution in [0.25, 0.3) is 0 Å². The van der Waals surface area contributed by atoms with Gasteiger partial charge in [0.2, 0.25) is 0 Å². The Morgan fingerprint density at radius 3 is 2.79 bits per heavy atom. The van der Waals surface area contributed by atoms with E-state index in [9.17, 15) is 0 Å². The molecule has 19 heavy (non-hydrogen) atoms. The molecule has 0 fully saturated rings.